The summed E-state index contributed by atoms with van der Waals surface area (Å²) in [6, 6.07) is 13.2. The van der Waals surface area contributed by atoms with Crippen molar-refractivity contribution in [2.45, 2.75) is 25.3 Å². The molecule has 0 aromatic heterocycles. The van der Waals surface area contributed by atoms with E-state index in [0.717, 1.165) is 29.9 Å². The molecule has 2 aromatic rings. The Kier molecular flexibility index (Phi) is 4.22. The SMILES string of the molecule is CC(C#N)(NC(=O)COc1ccc2ccccc2c1C=O)C1CC1. The van der Waals surface area contributed by atoms with Crippen LogP contribution in [0.4, 0.5) is 0 Å². The van der Waals surface area contributed by atoms with E-state index in [1.54, 1.807) is 13.0 Å². The van der Waals surface area contributed by atoms with Crippen molar-refractivity contribution in [3.8, 4) is 11.8 Å². The lowest BCUT2D eigenvalue weighted by molar-refractivity contribution is -0.124. The number of hydrogen-bond donors (Lipinski definition) is 1. The van der Waals surface area contributed by atoms with E-state index >= 15 is 0 Å². The number of amides is 1. The molecule has 0 bridgehead atoms. The molecule has 0 aliphatic heterocycles. The van der Waals surface area contributed by atoms with Crippen molar-refractivity contribution in [2.24, 2.45) is 5.92 Å². The predicted molar refractivity (Wildman–Crippen MR) is 89.7 cm³/mol. The fourth-order valence-electron chi connectivity index (χ4n) is 2.87. The molecule has 1 fully saturated rings. The molecule has 1 aliphatic rings. The maximum Gasteiger partial charge on any atom is 0.259 e. The fourth-order valence-corrected chi connectivity index (χ4v) is 2.87. The maximum atomic E-state index is 12.1. The van der Waals surface area contributed by atoms with Crippen LogP contribution in [0.25, 0.3) is 10.8 Å². The summed E-state index contributed by atoms with van der Waals surface area (Å²) in [5.74, 6) is 0.206. The highest BCUT2D eigenvalue weighted by Gasteiger charge is 2.43. The summed E-state index contributed by atoms with van der Waals surface area (Å²) in [4.78, 5) is 23.5. The second-order valence-corrected chi connectivity index (χ2v) is 6.24. The summed E-state index contributed by atoms with van der Waals surface area (Å²) in [5.41, 5.74) is -0.428. The van der Waals surface area contributed by atoms with Crippen LogP contribution in [0.3, 0.4) is 0 Å². The first-order valence-electron chi connectivity index (χ1n) is 7.89. The van der Waals surface area contributed by atoms with Gasteiger partial charge in [0.25, 0.3) is 5.91 Å². The number of nitriles is 1. The molecule has 1 saturated carbocycles. The molecule has 1 atom stereocenters. The van der Waals surface area contributed by atoms with Gasteiger partial charge in [-0.3, -0.25) is 9.59 Å². The summed E-state index contributed by atoms with van der Waals surface area (Å²) < 4.78 is 5.54. The summed E-state index contributed by atoms with van der Waals surface area (Å²) >= 11 is 0. The number of rotatable bonds is 6. The number of fused-ring (bicyclic) bond motifs is 1. The van der Waals surface area contributed by atoms with Crippen molar-refractivity contribution in [2.75, 3.05) is 6.61 Å². The maximum absolute atomic E-state index is 12.1. The number of nitrogens with zero attached hydrogens (tertiary/aromatic N) is 1. The molecule has 1 aliphatic carbocycles. The molecule has 24 heavy (non-hydrogen) atoms. The van der Waals surface area contributed by atoms with Crippen LogP contribution in [0.1, 0.15) is 30.1 Å². The van der Waals surface area contributed by atoms with Crippen LogP contribution in [0.15, 0.2) is 36.4 Å². The number of nitrogens with one attached hydrogen (secondary N) is 1. The zero-order chi connectivity index (χ0) is 17.2. The van der Waals surface area contributed by atoms with Crippen LogP contribution in [-0.2, 0) is 4.79 Å². The monoisotopic (exact) mass is 322 g/mol. The Hall–Kier alpha value is -2.87. The molecular weight excluding hydrogens is 304 g/mol. The highest BCUT2D eigenvalue weighted by molar-refractivity contribution is 6.00. The van der Waals surface area contributed by atoms with E-state index in [1.807, 2.05) is 30.3 Å². The van der Waals surface area contributed by atoms with Gasteiger partial charge < -0.3 is 10.1 Å². The number of hydrogen-bond acceptors (Lipinski definition) is 4. The van der Waals surface area contributed by atoms with Gasteiger partial charge in [-0.1, -0.05) is 30.3 Å². The quantitative estimate of drug-likeness (QED) is 0.829. The smallest absolute Gasteiger partial charge is 0.259 e. The molecule has 1 N–H and O–H groups in total. The zero-order valence-electron chi connectivity index (χ0n) is 13.4. The largest absolute Gasteiger partial charge is 0.483 e. The van der Waals surface area contributed by atoms with Gasteiger partial charge in [-0.05, 0) is 42.5 Å². The van der Waals surface area contributed by atoms with Crippen LogP contribution in [0.2, 0.25) is 0 Å². The first kappa shape index (κ1) is 16.0. The van der Waals surface area contributed by atoms with Gasteiger partial charge in [-0.25, -0.2) is 0 Å². The van der Waals surface area contributed by atoms with Crippen molar-refractivity contribution in [1.82, 2.24) is 5.32 Å². The molecule has 122 valence electrons. The molecule has 0 heterocycles. The minimum absolute atomic E-state index is 0.206. The Morgan fingerprint density at radius 3 is 2.79 bits per heavy atom. The van der Waals surface area contributed by atoms with Crippen molar-refractivity contribution in [3.63, 3.8) is 0 Å². The third-order valence-electron chi connectivity index (χ3n) is 4.43. The number of carbonyl (C=O) groups excluding carboxylic acids is 2. The van der Waals surface area contributed by atoms with Crippen LogP contribution in [-0.4, -0.2) is 24.3 Å². The Morgan fingerprint density at radius 1 is 1.38 bits per heavy atom. The molecule has 3 rings (SSSR count). The minimum Gasteiger partial charge on any atom is -0.483 e. The molecule has 0 spiro atoms. The average Bonchev–Trinajstić information content (AvgIpc) is 3.44. The van der Waals surface area contributed by atoms with E-state index in [0.29, 0.717) is 11.3 Å². The molecule has 0 radical (unpaired) electrons. The fraction of sp³-hybridized carbons (Fsp3) is 0.316. The lowest BCUT2D eigenvalue weighted by Crippen LogP contribution is -2.48. The Morgan fingerprint density at radius 2 is 2.12 bits per heavy atom. The highest BCUT2D eigenvalue weighted by Crippen LogP contribution is 2.39. The summed E-state index contributed by atoms with van der Waals surface area (Å²) in [6.45, 7) is 1.50. The average molecular weight is 322 g/mol. The van der Waals surface area contributed by atoms with Gasteiger partial charge in [-0.15, -0.1) is 0 Å². The molecular formula is C19H18N2O3. The van der Waals surface area contributed by atoms with Crippen LogP contribution in [0.5, 0.6) is 5.75 Å². The summed E-state index contributed by atoms with van der Waals surface area (Å²) in [6.07, 6.45) is 2.63. The Labute approximate surface area is 140 Å². The molecule has 1 unspecified atom stereocenters. The Balaban J connectivity index is 1.72. The zero-order valence-corrected chi connectivity index (χ0v) is 13.4. The van der Waals surface area contributed by atoms with E-state index in [2.05, 4.69) is 11.4 Å². The lowest BCUT2D eigenvalue weighted by atomic mass is 9.98. The number of aldehydes is 1. The summed E-state index contributed by atoms with van der Waals surface area (Å²) in [7, 11) is 0. The van der Waals surface area contributed by atoms with Crippen molar-refractivity contribution >= 4 is 23.0 Å². The molecule has 2 aromatic carbocycles. The van der Waals surface area contributed by atoms with Gasteiger partial charge in [0.15, 0.2) is 12.9 Å². The normalized spacial score (nSPS) is 16.0. The lowest BCUT2D eigenvalue weighted by Gasteiger charge is -2.23. The van der Waals surface area contributed by atoms with Crippen LogP contribution in [0, 0.1) is 17.2 Å². The molecule has 5 heteroatoms. The van der Waals surface area contributed by atoms with Gasteiger partial charge in [0, 0.05) is 0 Å². The molecule has 5 nitrogen and oxygen atoms in total. The minimum atomic E-state index is -0.850. The van der Waals surface area contributed by atoms with E-state index in [1.165, 1.54) is 0 Å². The molecule has 0 saturated heterocycles. The summed E-state index contributed by atoms with van der Waals surface area (Å²) in [5, 5.41) is 13.7. The van der Waals surface area contributed by atoms with E-state index < -0.39 is 5.54 Å². The van der Waals surface area contributed by atoms with E-state index in [4.69, 9.17) is 4.74 Å². The van der Waals surface area contributed by atoms with Gasteiger partial charge in [0.2, 0.25) is 0 Å². The van der Waals surface area contributed by atoms with Gasteiger partial charge in [0.05, 0.1) is 11.6 Å². The second kappa shape index (κ2) is 6.32. The highest BCUT2D eigenvalue weighted by atomic mass is 16.5. The number of ether oxygens (including phenoxy) is 1. The number of benzene rings is 2. The topological polar surface area (TPSA) is 79.2 Å². The first-order chi connectivity index (χ1) is 11.6. The van der Waals surface area contributed by atoms with Crippen molar-refractivity contribution in [3.05, 3.63) is 42.0 Å². The third-order valence-corrected chi connectivity index (χ3v) is 4.43. The standard InChI is InChI=1S/C19H18N2O3/c1-19(12-20,14-7-8-14)21-18(23)11-24-17-9-6-13-4-2-3-5-15(13)16(17)10-22/h2-6,9-10,14H,7-8,11H2,1H3,(H,21,23). The van der Waals surface area contributed by atoms with Crippen LogP contribution < -0.4 is 10.1 Å². The van der Waals surface area contributed by atoms with Gasteiger partial charge in [-0.2, -0.15) is 5.26 Å². The predicted octanol–water partition coefficient (Wildman–Crippen LogP) is 2.84. The van der Waals surface area contributed by atoms with Gasteiger partial charge >= 0.3 is 0 Å². The van der Waals surface area contributed by atoms with Crippen molar-refractivity contribution < 1.29 is 14.3 Å². The molecule has 1 amide bonds. The first-order valence-corrected chi connectivity index (χ1v) is 7.89. The third kappa shape index (κ3) is 3.09. The number of carbonyl (C=O) groups is 2. The van der Waals surface area contributed by atoms with E-state index in [-0.39, 0.29) is 18.4 Å². The Bertz CT molecular complexity index is 836. The van der Waals surface area contributed by atoms with E-state index in [9.17, 15) is 14.9 Å². The second-order valence-electron chi connectivity index (χ2n) is 6.24. The van der Waals surface area contributed by atoms with Crippen molar-refractivity contribution in [1.29, 1.82) is 5.26 Å². The van der Waals surface area contributed by atoms with Crippen LogP contribution >= 0.6 is 0 Å². The van der Waals surface area contributed by atoms with Gasteiger partial charge in [0.1, 0.15) is 11.3 Å².